The lowest BCUT2D eigenvalue weighted by Crippen LogP contribution is -2.29. The smallest absolute Gasteiger partial charge is 0.413 e. The predicted molar refractivity (Wildman–Crippen MR) is 90.0 cm³/mol. The molecule has 0 spiro atoms. The van der Waals surface area contributed by atoms with Gasteiger partial charge in [0.05, 0.1) is 29.7 Å². The molecule has 0 aliphatic heterocycles. The van der Waals surface area contributed by atoms with E-state index < -0.39 is 27.9 Å². The minimum Gasteiger partial charge on any atom is -0.413 e. The first kappa shape index (κ1) is 19.7. The van der Waals surface area contributed by atoms with Crippen molar-refractivity contribution in [2.24, 2.45) is 0 Å². The fraction of sp³-hybridized carbons (Fsp3) is 0.188. The summed E-state index contributed by atoms with van der Waals surface area (Å²) < 4.78 is 80.7. The number of halogens is 4. The molecule has 12 heteroatoms. The molecule has 0 saturated carbocycles. The van der Waals surface area contributed by atoms with E-state index in [0.717, 1.165) is 16.6 Å². The van der Waals surface area contributed by atoms with Gasteiger partial charge in [0.2, 0.25) is 15.9 Å². The minimum absolute atomic E-state index is 0.111. The fourth-order valence-corrected chi connectivity index (χ4v) is 3.14. The van der Waals surface area contributed by atoms with Gasteiger partial charge in [0.25, 0.3) is 0 Å². The Kier molecular flexibility index (Phi) is 5.06. The summed E-state index contributed by atoms with van der Waals surface area (Å²) in [5, 5.41) is 6.24. The maximum Gasteiger partial charge on any atom is 0.470 e. The third kappa shape index (κ3) is 4.44. The van der Waals surface area contributed by atoms with E-state index in [0.29, 0.717) is 0 Å². The minimum atomic E-state index is -4.76. The standard InChI is InChI=1S/C16H12F4N4O3S/c1-28(25,26)24(13-4-2-3-11(17)7-13)9-12-6-5-10(8-21-12)14-22-23-15(27-14)16(18,19)20/h2-8H,9H2,1H3. The van der Waals surface area contributed by atoms with Gasteiger partial charge < -0.3 is 4.42 Å². The number of benzene rings is 1. The molecule has 0 amide bonds. The van der Waals surface area contributed by atoms with Gasteiger partial charge in [-0.1, -0.05) is 6.07 Å². The highest BCUT2D eigenvalue weighted by Crippen LogP contribution is 2.30. The number of aromatic nitrogens is 3. The number of hydrogen-bond donors (Lipinski definition) is 0. The van der Waals surface area contributed by atoms with Crippen LogP contribution in [-0.4, -0.2) is 29.9 Å². The quantitative estimate of drug-likeness (QED) is 0.593. The molecule has 0 fully saturated rings. The lowest BCUT2D eigenvalue weighted by Gasteiger charge is -2.22. The Morgan fingerprint density at radius 2 is 1.89 bits per heavy atom. The molecular weight excluding hydrogens is 404 g/mol. The van der Waals surface area contributed by atoms with Crippen molar-refractivity contribution in [2.45, 2.75) is 12.7 Å². The second-order valence-electron chi connectivity index (χ2n) is 5.70. The van der Waals surface area contributed by atoms with Crippen molar-refractivity contribution in [1.29, 1.82) is 0 Å². The summed E-state index contributed by atoms with van der Waals surface area (Å²) in [6, 6.07) is 7.79. The van der Waals surface area contributed by atoms with Gasteiger partial charge in [-0.15, -0.1) is 10.2 Å². The molecule has 2 aromatic heterocycles. The Bertz CT molecular complexity index is 1080. The molecule has 0 radical (unpaired) electrons. The van der Waals surface area contributed by atoms with Gasteiger partial charge in [-0.3, -0.25) is 9.29 Å². The zero-order valence-corrected chi connectivity index (χ0v) is 15.0. The summed E-state index contributed by atoms with van der Waals surface area (Å²) in [4.78, 5) is 4.02. The highest BCUT2D eigenvalue weighted by molar-refractivity contribution is 7.92. The molecule has 2 heterocycles. The molecule has 0 N–H and O–H groups in total. The summed E-state index contributed by atoms with van der Waals surface area (Å²) in [7, 11) is -3.75. The SMILES string of the molecule is CS(=O)(=O)N(Cc1ccc(-c2nnc(C(F)(F)F)o2)cn1)c1cccc(F)c1. The molecule has 3 aromatic rings. The number of hydrogen-bond acceptors (Lipinski definition) is 6. The second-order valence-corrected chi connectivity index (χ2v) is 7.60. The number of pyridine rings is 1. The van der Waals surface area contributed by atoms with Crippen molar-refractivity contribution in [3.05, 3.63) is 60.0 Å². The van der Waals surface area contributed by atoms with Gasteiger partial charge in [-0.2, -0.15) is 13.2 Å². The highest BCUT2D eigenvalue weighted by atomic mass is 32.2. The van der Waals surface area contributed by atoms with Gasteiger partial charge in [0.1, 0.15) is 5.82 Å². The van der Waals surface area contributed by atoms with E-state index >= 15 is 0 Å². The van der Waals surface area contributed by atoms with Crippen molar-refractivity contribution in [3.63, 3.8) is 0 Å². The third-order valence-electron chi connectivity index (χ3n) is 3.54. The van der Waals surface area contributed by atoms with E-state index in [2.05, 4.69) is 19.6 Å². The largest absolute Gasteiger partial charge is 0.470 e. The van der Waals surface area contributed by atoms with Crippen LogP contribution in [0.2, 0.25) is 0 Å². The molecule has 0 unspecified atom stereocenters. The van der Waals surface area contributed by atoms with E-state index in [9.17, 15) is 26.0 Å². The summed E-state index contributed by atoms with van der Waals surface area (Å²) in [5.74, 6) is -2.47. The van der Waals surface area contributed by atoms with Gasteiger partial charge in [0, 0.05) is 6.20 Å². The average Bonchev–Trinajstić information content (AvgIpc) is 3.09. The van der Waals surface area contributed by atoms with Crippen molar-refractivity contribution in [2.75, 3.05) is 10.6 Å². The maximum atomic E-state index is 13.4. The molecule has 0 saturated heterocycles. The van der Waals surface area contributed by atoms with Crippen molar-refractivity contribution >= 4 is 15.7 Å². The van der Waals surface area contributed by atoms with Gasteiger partial charge in [-0.25, -0.2) is 12.8 Å². The van der Waals surface area contributed by atoms with Crippen LogP contribution in [0.1, 0.15) is 11.6 Å². The summed E-state index contributed by atoms with van der Waals surface area (Å²) in [6.45, 7) is -0.208. The topological polar surface area (TPSA) is 89.2 Å². The van der Waals surface area contributed by atoms with Crippen LogP contribution in [0.25, 0.3) is 11.5 Å². The van der Waals surface area contributed by atoms with Crippen LogP contribution >= 0.6 is 0 Å². The predicted octanol–water partition coefficient (Wildman–Crippen LogP) is 3.26. The molecule has 0 aliphatic rings. The summed E-state index contributed by atoms with van der Waals surface area (Å²) >= 11 is 0. The summed E-state index contributed by atoms with van der Waals surface area (Å²) in [6.07, 6.45) is -2.63. The van der Waals surface area contributed by atoms with Crippen LogP contribution in [0, 0.1) is 5.82 Å². The van der Waals surface area contributed by atoms with Crippen LogP contribution in [0.5, 0.6) is 0 Å². The number of alkyl halides is 3. The van der Waals surface area contributed by atoms with Crippen LogP contribution in [0.3, 0.4) is 0 Å². The molecule has 7 nitrogen and oxygen atoms in total. The van der Waals surface area contributed by atoms with Crippen molar-refractivity contribution < 1.29 is 30.4 Å². The molecule has 148 valence electrons. The first-order chi connectivity index (χ1) is 13.0. The monoisotopic (exact) mass is 416 g/mol. The van der Waals surface area contributed by atoms with E-state index in [1.165, 1.54) is 36.5 Å². The van der Waals surface area contributed by atoms with Gasteiger partial charge in [0.15, 0.2) is 0 Å². The Morgan fingerprint density at radius 1 is 1.14 bits per heavy atom. The van der Waals surface area contributed by atoms with Crippen molar-refractivity contribution in [1.82, 2.24) is 15.2 Å². The van der Waals surface area contributed by atoms with Crippen molar-refractivity contribution in [3.8, 4) is 11.5 Å². The first-order valence-electron chi connectivity index (χ1n) is 7.63. The number of anilines is 1. The Balaban J connectivity index is 1.85. The molecule has 0 bridgehead atoms. The van der Waals surface area contributed by atoms with Crippen LogP contribution in [0.15, 0.2) is 47.0 Å². The maximum absolute atomic E-state index is 13.4. The lowest BCUT2D eigenvalue weighted by atomic mass is 10.2. The normalized spacial score (nSPS) is 12.2. The highest BCUT2D eigenvalue weighted by Gasteiger charge is 2.38. The lowest BCUT2D eigenvalue weighted by molar-refractivity contribution is -0.156. The zero-order valence-electron chi connectivity index (χ0n) is 14.2. The van der Waals surface area contributed by atoms with Crippen LogP contribution < -0.4 is 4.31 Å². The molecule has 28 heavy (non-hydrogen) atoms. The Labute approximate surface area is 156 Å². The zero-order chi connectivity index (χ0) is 20.5. The fourth-order valence-electron chi connectivity index (χ4n) is 2.28. The number of rotatable bonds is 5. The molecule has 0 atom stereocenters. The average molecular weight is 416 g/mol. The van der Waals surface area contributed by atoms with Crippen LogP contribution in [0.4, 0.5) is 23.2 Å². The summed E-state index contributed by atoms with van der Waals surface area (Å²) in [5.41, 5.74) is 0.512. The molecule has 3 rings (SSSR count). The van der Waals surface area contributed by atoms with Gasteiger partial charge >= 0.3 is 12.1 Å². The van der Waals surface area contributed by atoms with E-state index in [1.807, 2.05) is 0 Å². The Morgan fingerprint density at radius 3 is 2.43 bits per heavy atom. The number of sulfonamides is 1. The second kappa shape index (κ2) is 7.19. The Hall–Kier alpha value is -3.02. The van der Waals surface area contributed by atoms with E-state index in [4.69, 9.17) is 0 Å². The van der Waals surface area contributed by atoms with Crippen LogP contribution in [-0.2, 0) is 22.7 Å². The molecule has 0 aliphatic carbocycles. The molecule has 1 aromatic carbocycles. The van der Waals surface area contributed by atoms with E-state index in [-0.39, 0.29) is 29.4 Å². The first-order valence-corrected chi connectivity index (χ1v) is 9.48. The third-order valence-corrected chi connectivity index (χ3v) is 4.68. The van der Waals surface area contributed by atoms with E-state index in [1.54, 1.807) is 0 Å². The molecular formula is C16H12F4N4O3S. The van der Waals surface area contributed by atoms with Gasteiger partial charge in [-0.05, 0) is 30.3 Å². The number of nitrogens with zero attached hydrogens (tertiary/aromatic N) is 4.